The average Bonchev–Trinajstić information content (AvgIpc) is 2.30. The van der Waals surface area contributed by atoms with Crippen LogP contribution < -0.4 is 0 Å². The molecule has 0 aliphatic carbocycles. The summed E-state index contributed by atoms with van der Waals surface area (Å²) < 4.78 is 0. The molecule has 0 heterocycles. The van der Waals surface area contributed by atoms with E-state index in [0.717, 1.165) is 12.0 Å². The molecule has 0 bridgehead atoms. The van der Waals surface area contributed by atoms with Crippen LogP contribution in [0.4, 0.5) is 0 Å². The first-order valence-corrected chi connectivity index (χ1v) is 6.04. The molecule has 1 atom stereocenters. The Bertz CT molecular complexity index is 372. The molecule has 0 spiro atoms. The van der Waals surface area contributed by atoms with Gasteiger partial charge in [-0.15, -0.1) is 11.8 Å². The number of rotatable bonds is 6. The van der Waals surface area contributed by atoms with Crippen molar-refractivity contribution in [2.45, 2.75) is 18.1 Å². The van der Waals surface area contributed by atoms with Crippen molar-refractivity contribution >= 4 is 17.7 Å². The lowest BCUT2D eigenvalue weighted by Gasteiger charge is -2.09. The Morgan fingerprint density at radius 2 is 2.12 bits per heavy atom. The molecule has 0 aliphatic rings. The van der Waals surface area contributed by atoms with Gasteiger partial charge in [-0.25, -0.2) is 0 Å². The topological polar surface area (TPSA) is 61.1 Å². The van der Waals surface area contributed by atoms with Gasteiger partial charge in [0, 0.05) is 0 Å². The molecule has 1 N–H and O–H groups in total. The van der Waals surface area contributed by atoms with E-state index < -0.39 is 11.2 Å². The Hall–Kier alpha value is -1.47. The van der Waals surface area contributed by atoms with Crippen LogP contribution in [-0.4, -0.2) is 22.1 Å². The highest BCUT2D eigenvalue weighted by Crippen LogP contribution is 2.17. The number of thioether (sulfide) groups is 1. The second kappa shape index (κ2) is 6.91. The molecule has 0 fully saturated rings. The van der Waals surface area contributed by atoms with Gasteiger partial charge in [0.1, 0.15) is 5.25 Å². The van der Waals surface area contributed by atoms with E-state index in [0.29, 0.717) is 6.42 Å². The van der Waals surface area contributed by atoms with E-state index in [1.54, 1.807) is 0 Å². The smallest absolute Gasteiger partial charge is 0.316 e. The largest absolute Gasteiger partial charge is 0.480 e. The molecule has 16 heavy (non-hydrogen) atoms. The maximum absolute atomic E-state index is 10.9. The summed E-state index contributed by atoms with van der Waals surface area (Å²) in [6.45, 7) is 0. The second-order valence-electron chi connectivity index (χ2n) is 3.32. The highest BCUT2D eigenvalue weighted by Gasteiger charge is 2.17. The summed E-state index contributed by atoms with van der Waals surface area (Å²) in [5, 5.41) is 16.9. The number of nitrogens with zero attached hydrogens (tertiary/aromatic N) is 1. The van der Waals surface area contributed by atoms with Gasteiger partial charge in [-0.3, -0.25) is 4.79 Å². The number of carbonyl (C=O) groups is 1. The molecule has 3 nitrogen and oxygen atoms in total. The van der Waals surface area contributed by atoms with E-state index in [-0.39, 0.29) is 5.75 Å². The third-order valence-electron chi connectivity index (χ3n) is 2.16. The van der Waals surface area contributed by atoms with Gasteiger partial charge in [0.25, 0.3) is 0 Å². The second-order valence-corrected chi connectivity index (χ2v) is 4.51. The van der Waals surface area contributed by atoms with E-state index in [4.69, 9.17) is 10.4 Å². The van der Waals surface area contributed by atoms with Crippen LogP contribution in [0.25, 0.3) is 0 Å². The fraction of sp³-hybridized carbons (Fsp3) is 0.333. The van der Waals surface area contributed by atoms with Crippen LogP contribution in [0.2, 0.25) is 0 Å². The van der Waals surface area contributed by atoms with Crippen LogP contribution >= 0.6 is 11.8 Å². The van der Waals surface area contributed by atoms with Crippen molar-refractivity contribution in [3.8, 4) is 6.07 Å². The molecule has 1 aromatic carbocycles. The molecule has 4 heteroatoms. The zero-order valence-electron chi connectivity index (χ0n) is 8.80. The van der Waals surface area contributed by atoms with Crippen LogP contribution in [0.15, 0.2) is 30.3 Å². The monoisotopic (exact) mass is 235 g/mol. The number of hydrogen-bond donors (Lipinski definition) is 1. The van der Waals surface area contributed by atoms with Crippen LogP contribution in [0.5, 0.6) is 0 Å². The summed E-state index contributed by atoms with van der Waals surface area (Å²) in [6, 6.07) is 11.7. The SMILES string of the molecule is N#CCSC(CCc1ccccc1)C(=O)O. The number of benzene rings is 1. The van der Waals surface area contributed by atoms with Gasteiger partial charge in [-0.2, -0.15) is 5.26 Å². The summed E-state index contributed by atoms with van der Waals surface area (Å²) in [5.74, 6) is -0.609. The van der Waals surface area contributed by atoms with Gasteiger partial charge in [0.2, 0.25) is 0 Å². The van der Waals surface area contributed by atoms with Gasteiger partial charge in [-0.05, 0) is 18.4 Å². The Kier molecular flexibility index (Phi) is 5.44. The van der Waals surface area contributed by atoms with E-state index in [1.165, 1.54) is 11.8 Å². The molecular formula is C12H13NO2S. The van der Waals surface area contributed by atoms with Gasteiger partial charge < -0.3 is 5.11 Å². The number of hydrogen-bond acceptors (Lipinski definition) is 3. The fourth-order valence-electron chi connectivity index (χ4n) is 1.36. The predicted octanol–water partition coefficient (Wildman–Crippen LogP) is 2.33. The van der Waals surface area contributed by atoms with Crippen LogP contribution in [0, 0.1) is 11.3 Å². The molecule has 0 radical (unpaired) electrons. The highest BCUT2D eigenvalue weighted by molar-refractivity contribution is 8.00. The summed E-state index contributed by atoms with van der Waals surface area (Å²) in [7, 11) is 0. The van der Waals surface area contributed by atoms with Gasteiger partial charge >= 0.3 is 5.97 Å². The summed E-state index contributed by atoms with van der Waals surface area (Å²) in [6.07, 6.45) is 1.29. The van der Waals surface area contributed by atoms with E-state index >= 15 is 0 Å². The number of nitriles is 1. The Balaban J connectivity index is 2.44. The Morgan fingerprint density at radius 3 is 2.69 bits per heavy atom. The van der Waals surface area contributed by atoms with Gasteiger partial charge in [0.15, 0.2) is 0 Å². The first-order valence-electron chi connectivity index (χ1n) is 4.99. The van der Waals surface area contributed by atoms with Crippen molar-refractivity contribution in [3.05, 3.63) is 35.9 Å². The van der Waals surface area contributed by atoms with E-state index in [9.17, 15) is 4.79 Å². The van der Waals surface area contributed by atoms with E-state index in [1.807, 2.05) is 36.4 Å². The third kappa shape index (κ3) is 4.37. The van der Waals surface area contributed by atoms with E-state index in [2.05, 4.69) is 0 Å². The molecule has 1 aromatic rings. The molecule has 0 aromatic heterocycles. The van der Waals surface area contributed by atoms with Crippen molar-refractivity contribution in [1.29, 1.82) is 5.26 Å². The standard InChI is InChI=1S/C12H13NO2S/c13-8-9-16-11(12(14)15)7-6-10-4-2-1-3-5-10/h1-5,11H,6-7,9H2,(H,14,15). The lowest BCUT2D eigenvalue weighted by Crippen LogP contribution is -2.17. The maximum Gasteiger partial charge on any atom is 0.316 e. The highest BCUT2D eigenvalue weighted by atomic mass is 32.2. The normalized spacial score (nSPS) is 11.7. The average molecular weight is 235 g/mol. The summed E-state index contributed by atoms with van der Waals surface area (Å²) >= 11 is 1.19. The molecule has 84 valence electrons. The van der Waals surface area contributed by atoms with Crippen molar-refractivity contribution in [3.63, 3.8) is 0 Å². The molecule has 1 rings (SSSR count). The molecule has 0 saturated carbocycles. The zero-order chi connectivity index (χ0) is 11.8. The predicted molar refractivity (Wildman–Crippen MR) is 64.3 cm³/mol. The molecule has 0 aliphatic heterocycles. The molecule has 1 unspecified atom stereocenters. The van der Waals surface area contributed by atoms with Crippen molar-refractivity contribution in [1.82, 2.24) is 0 Å². The number of carboxylic acids is 1. The first-order chi connectivity index (χ1) is 7.74. The fourth-order valence-corrected chi connectivity index (χ4v) is 2.06. The number of carboxylic acid groups (broad SMARTS) is 1. The Labute approximate surface area is 99.1 Å². The van der Waals surface area contributed by atoms with Crippen LogP contribution in [-0.2, 0) is 11.2 Å². The minimum atomic E-state index is -0.837. The minimum absolute atomic E-state index is 0.228. The van der Waals surface area contributed by atoms with Crippen molar-refractivity contribution in [2.24, 2.45) is 0 Å². The van der Waals surface area contributed by atoms with Crippen molar-refractivity contribution < 1.29 is 9.90 Å². The number of aryl methyl sites for hydroxylation is 1. The number of aliphatic carboxylic acids is 1. The molecule has 0 saturated heterocycles. The summed E-state index contributed by atoms with van der Waals surface area (Å²) in [4.78, 5) is 10.9. The summed E-state index contributed by atoms with van der Waals surface area (Å²) in [5.41, 5.74) is 1.13. The first kappa shape index (κ1) is 12.6. The molecular weight excluding hydrogens is 222 g/mol. The van der Waals surface area contributed by atoms with Gasteiger partial charge in [0.05, 0.1) is 11.8 Å². The van der Waals surface area contributed by atoms with Crippen LogP contribution in [0.3, 0.4) is 0 Å². The third-order valence-corrected chi connectivity index (χ3v) is 3.30. The lowest BCUT2D eigenvalue weighted by atomic mass is 10.1. The van der Waals surface area contributed by atoms with Gasteiger partial charge in [-0.1, -0.05) is 30.3 Å². The molecule has 0 amide bonds. The van der Waals surface area contributed by atoms with Crippen LogP contribution in [0.1, 0.15) is 12.0 Å². The van der Waals surface area contributed by atoms with Crippen molar-refractivity contribution in [2.75, 3.05) is 5.75 Å². The lowest BCUT2D eigenvalue weighted by molar-refractivity contribution is -0.136. The Morgan fingerprint density at radius 1 is 1.44 bits per heavy atom. The quantitative estimate of drug-likeness (QED) is 0.822. The minimum Gasteiger partial charge on any atom is -0.480 e. The zero-order valence-corrected chi connectivity index (χ0v) is 9.61. The maximum atomic E-state index is 10.9.